The van der Waals surface area contributed by atoms with Crippen LogP contribution in [0.3, 0.4) is 0 Å². The molecule has 2 aromatic carbocycles. The molecule has 2 heterocycles. The molecule has 1 saturated heterocycles. The lowest BCUT2D eigenvalue weighted by molar-refractivity contribution is -0.131. The van der Waals surface area contributed by atoms with Crippen molar-refractivity contribution in [1.29, 1.82) is 0 Å². The Labute approximate surface area is 197 Å². The van der Waals surface area contributed by atoms with Gasteiger partial charge in [0.25, 0.3) is 0 Å². The second-order valence-corrected chi connectivity index (χ2v) is 8.87. The first-order chi connectivity index (χ1) is 16.2. The van der Waals surface area contributed by atoms with Crippen LogP contribution in [0.5, 0.6) is 0 Å². The first kappa shape index (κ1) is 23.0. The quantitative estimate of drug-likeness (QED) is 0.360. The fourth-order valence-corrected chi connectivity index (χ4v) is 4.50. The van der Waals surface area contributed by atoms with Crippen LogP contribution in [0.2, 0.25) is 0 Å². The standard InChI is InChI=1S/C29H35N3O/c1-2-3-4-5-6-11-29(33)32-22-20-31(21-23-32)26-16-13-24(14-17-26)12-15-25-18-19-30-28-10-8-7-9-27(25)28/h7-10,12-19H,2-6,11,20-23H2,1H3/b15-12+. The van der Waals surface area contributed by atoms with Crippen LogP contribution in [0.1, 0.15) is 56.6 Å². The van der Waals surface area contributed by atoms with Gasteiger partial charge in [-0.3, -0.25) is 9.78 Å². The number of piperazine rings is 1. The van der Waals surface area contributed by atoms with Crippen molar-refractivity contribution in [1.82, 2.24) is 9.88 Å². The van der Waals surface area contributed by atoms with Gasteiger partial charge in [-0.15, -0.1) is 0 Å². The summed E-state index contributed by atoms with van der Waals surface area (Å²) in [6, 6.07) is 19.0. The van der Waals surface area contributed by atoms with Crippen LogP contribution in [0, 0.1) is 0 Å². The van der Waals surface area contributed by atoms with Crippen LogP contribution in [-0.4, -0.2) is 42.0 Å². The number of hydrogen-bond donors (Lipinski definition) is 0. The number of para-hydroxylation sites is 1. The molecule has 1 aliphatic rings. The maximum atomic E-state index is 12.5. The van der Waals surface area contributed by atoms with E-state index in [9.17, 15) is 4.79 Å². The zero-order chi connectivity index (χ0) is 22.9. The van der Waals surface area contributed by atoms with Gasteiger partial charge in [-0.25, -0.2) is 0 Å². The van der Waals surface area contributed by atoms with Crippen LogP contribution in [0.4, 0.5) is 5.69 Å². The second-order valence-electron chi connectivity index (χ2n) is 8.87. The van der Waals surface area contributed by atoms with Gasteiger partial charge in [-0.1, -0.05) is 75.1 Å². The van der Waals surface area contributed by atoms with E-state index in [2.05, 4.69) is 71.4 Å². The molecule has 0 atom stereocenters. The van der Waals surface area contributed by atoms with Crippen LogP contribution >= 0.6 is 0 Å². The molecule has 1 aliphatic heterocycles. The third kappa shape index (κ3) is 6.22. The highest BCUT2D eigenvalue weighted by atomic mass is 16.2. The maximum absolute atomic E-state index is 12.5. The van der Waals surface area contributed by atoms with Crippen molar-refractivity contribution in [2.24, 2.45) is 0 Å². The predicted octanol–water partition coefficient (Wildman–Crippen LogP) is 6.41. The Kier molecular flexibility index (Phi) is 8.13. The van der Waals surface area contributed by atoms with E-state index in [0.717, 1.165) is 38.1 Å². The summed E-state index contributed by atoms with van der Waals surface area (Å²) in [6.45, 7) is 5.67. The van der Waals surface area contributed by atoms with Crippen LogP contribution in [0.25, 0.3) is 23.1 Å². The van der Waals surface area contributed by atoms with E-state index in [0.29, 0.717) is 12.3 Å². The molecular weight excluding hydrogens is 406 g/mol. The predicted molar refractivity (Wildman–Crippen MR) is 139 cm³/mol. The molecule has 4 heteroatoms. The van der Waals surface area contributed by atoms with Crippen molar-refractivity contribution in [2.75, 3.05) is 31.1 Å². The molecule has 3 aromatic rings. The van der Waals surface area contributed by atoms with Crippen molar-refractivity contribution < 1.29 is 4.79 Å². The fourth-order valence-electron chi connectivity index (χ4n) is 4.50. The van der Waals surface area contributed by atoms with Crippen molar-refractivity contribution in [3.8, 4) is 0 Å². The highest BCUT2D eigenvalue weighted by Gasteiger charge is 2.20. The summed E-state index contributed by atoms with van der Waals surface area (Å²) >= 11 is 0. The Bertz CT molecular complexity index is 1060. The summed E-state index contributed by atoms with van der Waals surface area (Å²) in [4.78, 5) is 21.4. The second kappa shape index (κ2) is 11.6. The summed E-state index contributed by atoms with van der Waals surface area (Å²) in [5.41, 5.74) is 4.60. The van der Waals surface area contributed by atoms with E-state index in [1.807, 2.05) is 23.2 Å². The van der Waals surface area contributed by atoms with E-state index in [1.54, 1.807) is 0 Å². The number of carbonyl (C=O) groups excluding carboxylic acids is 1. The molecule has 1 fully saturated rings. The molecule has 1 aromatic heterocycles. The molecule has 0 unspecified atom stereocenters. The highest BCUT2D eigenvalue weighted by Crippen LogP contribution is 2.21. The number of benzene rings is 2. The lowest BCUT2D eigenvalue weighted by Gasteiger charge is -2.36. The summed E-state index contributed by atoms with van der Waals surface area (Å²) in [5, 5.41) is 1.17. The number of carbonyl (C=O) groups is 1. The SMILES string of the molecule is CCCCCCCC(=O)N1CCN(c2ccc(/C=C/c3ccnc4ccccc34)cc2)CC1. The Morgan fingerprint density at radius 3 is 2.42 bits per heavy atom. The number of unbranched alkanes of at least 4 members (excludes halogenated alkanes) is 4. The number of fused-ring (bicyclic) bond motifs is 1. The largest absolute Gasteiger partial charge is 0.368 e. The van der Waals surface area contributed by atoms with E-state index in [-0.39, 0.29) is 0 Å². The Hall–Kier alpha value is -3.14. The highest BCUT2D eigenvalue weighted by molar-refractivity contribution is 5.90. The minimum absolute atomic E-state index is 0.329. The van der Waals surface area contributed by atoms with E-state index < -0.39 is 0 Å². The molecule has 33 heavy (non-hydrogen) atoms. The van der Waals surface area contributed by atoms with Crippen LogP contribution in [0.15, 0.2) is 60.8 Å². The number of hydrogen-bond acceptors (Lipinski definition) is 3. The zero-order valence-electron chi connectivity index (χ0n) is 19.7. The monoisotopic (exact) mass is 441 g/mol. The minimum Gasteiger partial charge on any atom is -0.368 e. The fraction of sp³-hybridized carbons (Fsp3) is 0.379. The number of aromatic nitrogens is 1. The smallest absolute Gasteiger partial charge is 0.222 e. The summed E-state index contributed by atoms with van der Waals surface area (Å²) in [6.07, 6.45) is 12.9. The first-order valence-electron chi connectivity index (χ1n) is 12.4. The average molecular weight is 442 g/mol. The first-order valence-corrected chi connectivity index (χ1v) is 12.4. The molecular formula is C29H35N3O. The molecule has 0 aliphatic carbocycles. The Morgan fingerprint density at radius 1 is 0.879 bits per heavy atom. The summed E-state index contributed by atoms with van der Waals surface area (Å²) < 4.78 is 0. The van der Waals surface area contributed by atoms with Gasteiger partial charge in [0.1, 0.15) is 0 Å². The van der Waals surface area contributed by atoms with Gasteiger partial charge < -0.3 is 9.80 Å². The van der Waals surface area contributed by atoms with Gasteiger partial charge in [0.05, 0.1) is 5.52 Å². The number of amides is 1. The summed E-state index contributed by atoms with van der Waals surface area (Å²) in [7, 11) is 0. The lowest BCUT2D eigenvalue weighted by atomic mass is 10.1. The minimum atomic E-state index is 0.329. The van der Waals surface area contributed by atoms with Crippen LogP contribution in [-0.2, 0) is 4.79 Å². The van der Waals surface area contributed by atoms with Gasteiger partial charge in [0.2, 0.25) is 5.91 Å². The van der Waals surface area contributed by atoms with E-state index in [4.69, 9.17) is 0 Å². The molecule has 0 radical (unpaired) electrons. The van der Waals surface area contributed by atoms with Gasteiger partial charge in [0, 0.05) is 49.9 Å². The van der Waals surface area contributed by atoms with Crippen molar-refractivity contribution in [3.05, 3.63) is 71.9 Å². The normalized spacial score (nSPS) is 14.3. The molecule has 0 bridgehead atoms. The van der Waals surface area contributed by atoms with Gasteiger partial charge in [-0.05, 0) is 41.8 Å². The summed E-state index contributed by atoms with van der Waals surface area (Å²) in [5.74, 6) is 0.329. The number of nitrogens with zero attached hydrogens (tertiary/aromatic N) is 3. The third-order valence-electron chi connectivity index (χ3n) is 6.52. The van der Waals surface area contributed by atoms with Gasteiger partial charge in [0.15, 0.2) is 0 Å². The maximum Gasteiger partial charge on any atom is 0.222 e. The number of rotatable bonds is 9. The van der Waals surface area contributed by atoms with Crippen molar-refractivity contribution >= 4 is 34.6 Å². The molecule has 0 spiro atoms. The zero-order valence-corrected chi connectivity index (χ0v) is 19.7. The van der Waals surface area contributed by atoms with Crippen molar-refractivity contribution in [2.45, 2.75) is 45.4 Å². The molecule has 0 N–H and O–H groups in total. The topological polar surface area (TPSA) is 36.4 Å². The average Bonchev–Trinajstić information content (AvgIpc) is 2.87. The van der Waals surface area contributed by atoms with Gasteiger partial charge in [-0.2, -0.15) is 0 Å². The Balaban J connectivity index is 1.28. The van der Waals surface area contributed by atoms with E-state index >= 15 is 0 Å². The number of anilines is 1. The van der Waals surface area contributed by atoms with Crippen LogP contribution < -0.4 is 4.90 Å². The van der Waals surface area contributed by atoms with Crippen molar-refractivity contribution in [3.63, 3.8) is 0 Å². The molecule has 1 amide bonds. The molecule has 4 rings (SSSR count). The Morgan fingerprint density at radius 2 is 1.64 bits per heavy atom. The molecule has 172 valence electrons. The lowest BCUT2D eigenvalue weighted by Crippen LogP contribution is -2.48. The third-order valence-corrected chi connectivity index (χ3v) is 6.52. The number of pyridine rings is 1. The van der Waals surface area contributed by atoms with E-state index in [1.165, 1.54) is 47.9 Å². The molecule has 0 saturated carbocycles. The molecule has 4 nitrogen and oxygen atoms in total. The van der Waals surface area contributed by atoms with Gasteiger partial charge >= 0.3 is 0 Å².